The van der Waals surface area contributed by atoms with E-state index in [4.69, 9.17) is 0 Å². The van der Waals surface area contributed by atoms with Crippen molar-refractivity contribution in [1.82, 2.24) is 0 Å². The molecule has 0 saturated heterocycles. The topological polar surface area (TPSA) is 37.3 Å². The van der Waals surface area contributed by atoms with Gasteiger partial charge in [-0.05, 0) is 36.3 Å². The zero-order valence-electron chi connectivity index (χ0n) is 10.4. The first-order chi connectivity index (χ1) is 8.64. The standard InChI is InChI=1S/C16H16O2/c1-9-6-7-11-10-4-2-3-5-13(10)16(18)14(17)8-12(9)15(11)16/h2-6,11-12,15,18H,7-8H2,1H3. The monoisotopic (exact) mass is 240 g/mol. The van der Waals surface area contributed by atoms with E-state index in [9.17, 15) is 9.90 Å². The van der Waals surface area contributed by atoms with Gasteiger partial charge in [-0.1, -0.05) is 35.9 Å². The summed E-state index contributed by atoms with van der Waals surface area (Å²) < 4.78 is 0. The molecule has 0 aliphatic heterocycles. The Bertz CT molecular complexity index is 587. The second-order valence-electron chi connectivity index (χ2n) is 5.90. The van der Waals surface area contributed by atoms with Gasteiger partial charge in [0.2, 0.25) is 0 Å². The van der Waals surface area contributed by atoms with Gasteiger partial charge in [-0.15, -0.1) is 0 Å². The lowest BCUT2D eigenvalue weighted by Gasteiger charge is -2.32. The summed E-state index contributed by atoms with van der Waals surface area (Å²) in [6.07, 6.45) is 3.72. The van der Waals surface area contributed by atoms with E-state index in [1.165, 1.54) is 11.1 Å². The number of hydrogen-bond donors (Lipinski definition) is 1. The Morgan fingerprint density at radius 2 is 2.06 bits per heavy atom. The molecule has 1 saturated carbocycles. The number of hydrogen-bond acceptors (Lipinski definition) is 2. The number of carbonyl (C=O) groups is 1. The van der Waals surface area contributed by atoms with Crippen molar-refractivity contribution in [2.24, 2.45) is 11.8 Å². The van der Waals surface area contributed by atoms with Crippen molar-refractivity contribution in [3.05, 3.63) is 47.0 Å². The third kappa shape index (κ3) is 0.974. The lowest BCUT2D eigenvalue weighted by molar-refractivity contribution is -0.137. The first-order valence-electron chi connectivity index (χ1n) is 6.65. The number of fused-ring (bicyclic) bond motifs is 3. The average molecular weight is 240 g/mol. The van der Waals surface area contributed by atoms with Gasteiger partial charge in [0.25, 0.3) is 0 Å². The van der Waals surface area contributed by atoms with E-state index in [0.717, 1.165) is 12.0 Å². The molecule has 1 N–H and O–H groups in total. The maximum atomic E-state index is 12.4. The Labute approximate surface area is 106 Å². The molecule has 0 bridgehead atoms. The molecule has 1 aromatic rings. The average Bonchev–Trinajstić information content (AvgIpc) is 2.80. The molecule has 1 fully saturated rings. The molecule has 0 amide bonds. The van der Waals surface area contributed by atoms with Crippen molar-refractivity contribution in [2.75, 3.05) is 0 Å². The summed E-state index contributed by atoms with van der Waals surface area (Å²) in [5, 5.41) is 11.0. The van der Waals surface area contributed by atoms with E-state index in [-0.39, 0.29) is 17.6 Å². The van der Waals surface area contributed by atoms with Gasteiger partial charge in [0.15, 0.2) is 11.4 Å². The van der Waals surface area contributed by atoms with Gasteiger partial charge in [0.1, 0.15) is 0 Å². The van der Waals surface area contributed by atoms with E-state index >= 15 is 0 Å². The van der Waals surface area contributed by atoms with Crippen LogP contribution in [0.2, 0.25) is 0 Å². The summed E-state index contributed by atoms with van der Waals surface area (Å²) in [7, 11) is 0. The van der Waals surface area contributed by atoms with Crippen LogP contribution in [0.4, 0.5) is 0 Å². The molecule has 1 aromatic carbocycles. The Kier molecular flexibility index (Phi) is 1.82. The number of aliphatic hydroxyl groups is 1. The molecule has 0 aromatic heterocycles. The maximum Gasteiger partial charge on any atom is 0.169 e. The molecule has 2 heteroatoms. The summed E-state index contributed by atoms with van der Waals surface area (Å²) in [6, 6.07) is 7.95. The minimum absolute atomic E-state index is 0.0158. The first kappa shape index (κ1) is 10.5. The van der Waals surface area contributed by atoms with Gasteiger partial charge >= 0.3 is 0 Å². The normalized spacial score (nSPS) is 40.4. The fourth-order valence-electron chi connectivity index (χ4n) is 4.40. The van der Waals surface area contributed by atoms with E-state index in [1.54, 1.807) is 0 Å². The van der Waals surface area contributed by atoms with Crippen LogP contribution in [0.5, 0.6) is 0 Å². The zero-order chi connectivity index (χ0) is 12.5. The zero-order valence-corrected chi connectivity index (χ0v) is 10.4. The van der Waals surface area contributed by atoms with Crippen LogP contribution in [0, 0.1) is 11.8 Å². The highest BCUT2D eigenvalue weighted by molar-refractivity contribution is 5.93. The number of allylic oxidation sites excluding steroid dienone is 2. The first-order valence-corrected chi connectivity index (χ1v) is 6.65. The minimum atomic E-state index is -1.21. The van der Waals surface area contributed by atoms with E-state index in [1.807, 2.05) is 18.2 Å². The Morgan fingerprint density at radius 1 is 1.28 bits per heavy atom. The van der Waals surface area contributed by atoms with Gasteiger partial charge in [-0.25, -0.2) is 0 Å². The fraction of sp³-hybridized carbons (Fsp3) is 0.438. The predicted octanol–water partition coefficient (Wildman–Crippen LogP) is 2.53. The molecule has 0 radical (unpaired) electrons. The number of carbonyl (C=O) groups excluding carboxylic acids is 1. The Hall–Kier alpha value is -1.41. The number of rotatable bonds is 0. The smallest absolute Gasteiger partial charge is 0.169 e. The Morgan fingerprint density at radius 3 is 2.89 bits per heavy atom. The van der Waals surface area contributed by atoms with Gasteiger partial charge in [-0.3, -0.25) is 4.79 Å². The van der Waals surface area contributed by atoms with Crippen LogP contribution in [0.3, 0.4) is 0 Å². The largest absolute Gasteiger partial charge is 0.377 e. The predicted molar refractivity (Wildman–Crippen MR) is 68.1 cm³/mol. The molecule has 3 aliphatic carbocycles. The Balaban J connectivity index is 2.01. The SMILES string of the molecule is CC1=CCC2c3ccccc3C3(O)C(=O)CC1C23. The van der Waals surface area contributed by atoms with Crippen LogP contribution in [-0.4, -0.2) is 10.9 Å². The van der Waals surface area contributed by atoms with Gasteiger partial charge in [0.05, 0.1) is 0 Å². The summed E-state index contributed by atoms with van der Waals surface area (Å²) in [5.74, 6) is 0.662. The minimum Gasteiger partial charge on any atom is -0.377 e. The highest BCUT2D eigenvalue weighted by Crippen LogP contribution is 2.62. The fourth-order valence-corrected chi connectivity index (χ4v) is 4.40. The van der Waals surface area contributed by atoms with E-state index in [0.29, 0.717) is 12.3 Å². The quantitative estimate of drug-likeness (QED) is 0.707. The molecule has 0 heterocycles. The molecule has 0 spiro atoms. The second-order valence-corrected chi connectivity index (χ2v) is 5.90. The lowest BCUT2D eigenvalue weighted by Crippen LogP contribution is -2.36. The van der Waals surface area contributed by atoms with Crippen molar-refractivity contribution in [1.29, 1.82) is 0 Å². The molecular formula is C16H16O2. The van der Waals surface area contributed by atoms with Crippen LogP contribution >= 0.6 is 0 Å². The van der Waals surface area contributed by atoms with Crippen LogP contribution in [0.25, 0.3) is 0 Å². The summed E-state index contributed by atoms with van der Waals surface area (Å²) >= 11 is 0. The van der Waals surface area contributed by atoms with Gasteiger partial charge < -0.3 is 5.11 Å². The number of ketones is 1. The lowest BCUT2D eigenvalue weighted by atomic mass is 9.72. The van der Waals surface area contributed by atoms with Crippen molar-refractivity contribution in [3.8, 4) is 0 Å². The summed E-state index contributed by atoms with van der Waals surface area (Å²) in [4.78, 5) is 12.4. The van der Waals surface area contributed by atoms with Crippen molar-refractivity contribution < 1.29 is 9.90 Å². The maximum absolute atomic E-state index is 12.4. The molecule has 3 aliphatic rings. The molecule has 2 nitrogen and oxygen atoms in total. The summed E-state index contributed by atoms with van der Waals surface area (Å²) in [6.45, 7) is 2.10. The third-order valence-corrected chi connectivity index (χ3v) is 5.23. The highest BCUT2D eigenvalue weighted by atomic mass is 16.3. The van der Waals surface area contributed by atoms with Gasteiger partial charge in [-0.2, -0.15) is 0 Å². The van der Waals surface area contributed by atoms with Crippen LogP contribution in [0.1, 0.15) is 36.8 Å². The molecule has 18 heavy (non-hydrogen) atoms. The molecule has 4 atom stereocenters. The van der Waals surface area contributed by atoms with Gasteiger partial charge in [0, 0.05) is 12.3 Å². The van der Waals surface area contributed by atoms with Crippen molar-refractivity contribution in [3.63, 3.8) is 0 Å². The highest BCUT2D eigenvalue weighted by Gasteiger charge is 2.63. The number of benzene rings is 1. The second kappa shape index (κ2) is 3.12. The van der Waals surface area contributed by atoms with Crippen LogP contribution in [0.15, 0.2) is 35.9 Å². The van der Waals surface area contributed by atoms with Crippen LogP contribution < -0.4 is 0 Å². The van der Waals surface area contributed by atoms with E-state index in [2.05, 4.69) is 19.1 Å². The molecule has 4 rings (SSSR count). The molecular weight excluding hydrogens is 224 g/mol. The molecule has 92 valence electrons. The molecule has 4 unspecified atom stereocenters. The van der Waals surface area contributed by atoms with E-state index < -0.39 is 5.60 Å². The van der Waals surface area contributed by atoms with Crippen molar-refractivity contribution >= 4 is 5.78 Å². The van der Waals surface area contributed by atoms with Crippen molar-refractivity contribution in [2.45, 2.75) is 31.3 Å². The van der Waals surface area contributed by atoms with Crippen LogP contribution in [-0.2, 0) is 10.4 Å². The summed E-state index contributed by atoms with van der Waals surface area (Å²) in [5.41, 5.74) is 2.14. The third-order valence-electron chi connectivity index (χ3n) is 5.23. The number of Topliss-reactive ketones (excluding diaryl/α,β-unsaturated/α-hetero) is 1.